The minimum Gasteiger partial charge on any atom is -0.394 e. The first-order valence-electron chi connectivity index (χ1n) is 6.33. The molecule has 22 heavy (non-hydrogen) atoms. The van der Waals surface area contributed by atoms with E-state index in [9.17, 15) is 27.6 Å². The summed E-state index contributed by atoms with van der Waals surface area (Å²) in [4.78, 5) is 34.9. The number of carbonyl (C=O) groups excluding carboxylic acids is 3. The van der Waals surface area contributed by atoms with E-state index in [-0.39, 0.29) is 19.5 Å². The Morgan fingerprint density at radius 3 is 2.45 bits per heavy atom. The van der Waals surface area contributed by atoms with Gasteiger partial charge in [-0.2, -0.15) is 13.2 Å². The highest BCUT2D eigenvalue weighted by Crippen LogP contribution is 2.24. The van der Waals surface area contributed by atoms with E-state index in [0.29, 0.717) is 0 Å². The van der Waals surface area contributed by atoms with Gasteiger partial charge in [-0.25, -0.2) is 4.79 Å². The van der Waals surface area contributed by atoms with Gasteiger partial charge in [0.25, 0.3) is 0 Å². The van der Waals surface area contributed by atoms with Crippen LogP contribution < -0.4 is 16.4 Å². The second-order valence-electron chi connectivity index (χ2n) is 5.27. The molecule has 11 heteroatoms. The van der Waals surface area contributed by atoms with Crippen LogP contribution in [-0.4, -0.2) is 65.3 Å². The third-order valence-corrected chi connectivity index (χ3v) is 3.25. The fourth-order valence-electron chi connectivity index (χ4n) is 2.17. The summed E-state index contributed by atoms with van der Waals surface area (Å²) >= 11 is 0. The normalized spacial score (nSPS) is 23.0. The molecule has 0 aliphatic carbocycles. The number of rotatable bonds is 4. The Labute approximate surface area is 123 Å². The number of aliphatic hydroxyl groups is 1. The van der Waals surface area contributed by atoms with Crippen LogP contribution >= 0.6 is 0 Å². The van der Waals surface area contributed by atoms with Crippen molar-refractivity contribution in [3.05, 3.63) is 0 Å². The predicted octanol–water partition coefficient (Wildman–Crippen LogP) is -1.31. The molecule has 0 aromatic heterocycles. The zero-order valence-electron chi connectivity index (χ0n) is 11.7. The molecule has 1 fully saturated rings. The van der Waals surface area contributed by atoms with Crippen LogP contribution in [-0.2, 0) is 9.59 Å². The number of likely N-dealkylation sites (tertiary alicyclic amines) is 1. The van der Waals surface area contributed by atoms with E-state index in [1.807, 2.05) is 10.6 Å². The molecular formula is C11H17F3N4O4. The molecule has 0 radical (unpaired) electrons. The number of aliphatic hydroxyl groups excluding tert-OH is 1. The molecule has 0 spiro atoms. The first kappa shape index (κ1) is 18.0. The van der Waals surface area contributed by atoms with Crippen molar-refractivity contribution in [1.82, 2.24) is 15.5 Å². The lowest BCUT2D eigenvalue weighted by Gasteiger charge is -2.28. The predicted molar refractivity (Wildman–Crippen MR) is 67.4 cm³/mol. The lowest BCUT2D eigenvalue weighted by molar-refractivity contribution is -0.175. The molecular weight excluding hydrogens is 309 g/mol. The zero-order chi connectivity index (χ0) is 17.1. The summed E-state index contributed by atoms with van der Waals surface area (Å²) in [6, 6.07) is -2.29. The molecule has 0 aromatic rings. The van der Waals surface area contributed by atoms with Crippen LogP contribution in [0.5, 0.6) is 0 Å². The number of nitrogens with two attached hydrogens (primary N) is 1. The number of halogens is 3. The highest BCUT2D eigenvalue weighted by Gasteiger charge is 2.45. The summed E-state index contributed by atoms with van der Waals surface area (Å²) in [6.07, 6.45) is -4.91. The average molecular weight is 326 g/mol. The van der Waals surface area contributed by atoms with E-state index in [4.69, 9.17) is 10.8 Å². The summed E-state index contributed by atoms with van der Waals surface area (Å²) in [6.45, 7) is 0.568. The van der Waals surface area contributed by atoms with E-state index >= 15 is 0 Å². The van der Waals surface area contributed by atoms with Crippen LogP contribution in [0.3, 0.4) is 0 Å². The van der Waals surface area contributed by atoms with Gasteiger partial charge in [0.2, 0.25) is 5.91 Å². The minimum atomic E-state index is -5.01. The number of primary amides is 1. The fourth-order valence-corrected chi connectivity index (χ4v) is 2.17. The van der Waals surface area contributed by atoms with Crippen molar-refractivity contribution >= 4 is 17.8 Å². The van der Waals surface area contributed by atoms with Crippen molar-refractivity contribution in [3.63, 3.8) is 0 Å². The highest BCUT2D eigenvalue weighted by atomic mass is 19.4. The van der Waals surface area contributed by atoms with Gasteiger partial charge in [-0.15, -0.1) is 0 Å². The molecule has 5 N–H and O–H groups in total. The summed E-state index contributed by atoms with van der Waals surface area (Å²) in [5.74, 6) is -2.77. The Balaban J connectivity index is 2.69. The van der Waals surface area contributed by atoms with Gasteiger partial charge in [0.05, 0.1) is 12.1 Å². The third-order valence-electron chi connectivity index (χ3n) is 3.25. The Morgan fingerprint density at radius 2 is 2.00 bits per heavy atom. The summed E-state index contributed by atoms with van der Waals surface area (Å²) in [7, 11) is 0. The van der Waals surface area contributed by atoms with Crippen molar-refractivity contribution in [2.75, 3.05) is 19.7 Å². The maximum atomic E-state index is 12.3. The number of hydrogen-bond donors (Lipinski definition) is 4. The van der Waals surface area contributed by atoms with Crippen molar-refractivity contribution in [1.29, 1.82) is 0 Å². The number of carbonyl (C=O) groups is 3. The molecule has 1 heterocycles. The quantitative estimate of drug-likeness (QED) is 0.511. The molecule has 1 aliphatic heterocycles. The maximum Gasteiger partial charge on any atom is 0.471 e. The number of nitrogens with zero attached hydrogens (tertiary/aromatic N) is 1. The number of urea groups is 1. The molecule has 0 saturated carbocycles. The number of alkyl halides is 3. The largest absolute Gasteiger partial charge is 0.471 e. The summed E-state index contributed by atoms with van der Waals surface area (Å²) in [5.41, 5.74) is 3.62. The Kier molecular flexibility index (Phi) is 5.22. The lowest BCUT2D eigenvalue weighted by atomic mass is 10.0. The highest BCUT2D eigenvalue weighted by molar-refractivity contribution is 5.87. The molecule has 4 amide bonds. The fraction of sp³-hybridized carbons (Fsp3) is 0.727. The Hall–Kier alpha value is -2.04. The summed E-state index contributed by atoms with van der Waals surface area (Å²) < 4.78 is 36.8. The van der Waals surface area contributed by atoms with Crippen molar-refractivity contribution in [2.24, 2.45) is 5.73 Å². The van der Waals surface area contributed by atoms with Crippen LogP contribution in [0.25, 0.3) is 0 Å². The van der Waals surface area contributed by atoms with Gasteiger partial charge >= 0.3 is 18.1 Å². The molecule has 1 saturated heterocycles. The number of nitrogens with one attached hydrogen (secondary N) is 2. The van der Waals surface area contributed by atoms with E-state index in [1.54, 1.807) is 0 Å². The van der Waals surface area contributed by atoms with Gasteiger partial charge < -0.3 is 26.4 Å². The average Bonchev–Trinajstić information content (AvgIpc) is 2.76. The van der Waals surface area contributed by atoms with Crippen LogP contribution in [0, 0.1) is 0 Å². The van der Waals surface area contributed by atoms with Crippen LogP contribution in [0.15, 0.2) is 0 Å². The van der Waals surface area contributed by atoms with Gasteiger partial charge in [0.15, 0.2) is 0 Å². The van der Waals surface area contributed by atoms with Crippen LogP contribution in [0.1, 0.15) is 13.3 Å². The SMILES string of the molecule is CC1(NC(=O)C(F)(F)F)CCN(C(=O)C(CO)NC(N)=O)C1. The number of amides is 4. The summed E-state index contributed by atoms with van der Waals surface area (Å²) in [5, 5.41) is 12.9. The van der Waals surface area contributed by atoms with E-state index in [2.05, 4.69) is 0 Å². The van der Waals surface area contributed by atoms with Gasteiger partial charge in [-0.3, -0.25) is 9.59 Å². The van der Waals surface area contributed by atoms with E-state index < -0.39 is 42.2 Å². The first-order chi connectivity index (χ1) is 9.98. The monoisotopic (exact) mass is 326 g/mol. The van der Waals surface area contributed by atoms with Crippen LogP contribution in [0.2, 0.25) is 0 Å². The van der Waals surface area contributed by atoms with Crippen molar-refractivity contribution in [2.45, 2.75) is 31.1 Å². The molecule has 0 bridgehead atoms. The standard InChI is InChI=1S/C11H17F3N4O4/c1-10(17-8(21)11(12,13)14)2-3-18(5-10)7(20)6(4-19)16-9(15)22/h6,19H,2-5H2,1H3,(H,17,21)(H3,15,16,22). The third kappa shape index (κ3) is 4.48. The first-order valence-corrected chi connectivity index (χ1v) is 6.33. The van der Waals surface area contributed by atoms with Gasteiger partial charge in [0.1, 0.15) is 6.04 Å². The van der Waals surface area contributed by atoms with Crippen LogP contribution in [0.4, 0.5) is 18.0 Å². The van der Waals surface area contributed by atoms with E-state index in [1.165, 1.54) is 6.92 Å². The molecule has 1 aliphatic rings. The van der Waals surface area contributed by atoms with Crippen molar-refractivity contribution < 1.29 is 32.7 Å². The topological polar surface area (TPSA) is 125 Å². The van der Waals surface area contributed by atoms with Crippen molar-refractivity contribution in [3.8, 4) is 0 Å². The molecule has 1 rings (SSSR count). The van der Waals surface area contributed by atoms with E-state index in [0.717, 1.165) is 4.90 Å². The maximum absolute atomic E-state index is 12.3. The lowest BCUT2D eigenvalue weighted by Crippen LogP contribution is -2.55. The number of hydrogen-bond acceptors (Lipinski definition) is 4. The molecule has 0 aromatic carbocycles. The zero-order valence-corrected chi connectivity index (χ0v) is 11.7. The van der Waals surface area contributed by atoms with Gasteiger partial charge in [-0.1, -0.05) is 0 Å². The minimum absolute atomic E-state index is 0.0738. The second-order valence-corrected chi connectivity index (χ2v) is 5.27. The van der Waals surface area contributed by atoms with Gasteiger partial charge in [-0.05, 0) is 13.3 Å². The second kappa shape index (κ2) is 6.38. The molecule has 2 atom stereocenters. The van der Waals surface area contributed by atoms with Gasteiger partial charge in [0, 0.05) is 13.1 Å². The Bertz CT molecular complexity index is 471. The molecule has 8 nitrogen and oxygen atoms in total. The molecule has 2 unspecified atom stereocenters. The molecule has 126 valence electrons. The smallest absolute Gasteiger partial charge is 0.394 e. The Morgan fingerprint density at radius 1 is 1.41 bits per heavy atom.